The summed E-state index contributed by atoms with van der Waals surface area (Å²) in [6.07, 6.45) is 8.69. The van der Waals surface area contributed by atoms with Crippen LogP contribution in [0.4, 0.5) is 0 Å². The van der Waals surface area contributed by atoms with Crippen molar-refractivity contribution in [3.8, 4) is 0 Å². The van der Waals surface area contributed by atoms with E-state index in [1.54, 1.807) is 14.0 Å². The SMILES string of the molecule is COC1CCC(C(C)(C)C2CCC(OC3CCC(S(=O)(=O)C4CCC(C)CC4S(=O)(=O)O)C(S(=O)(=O)O)C3)CC2)CC1. The predicted octanol–water partition coefficient (Wildman–Crippen LogP) is 4.83. The van der Waals surface area contributed by atoms with Crippen LogP contribution in [0.15, 0.2) is 0 Å². The van der Waals surface area contributed by atoms with Crippen LogP contribution in [-0.4, -0.2) is 80.8 Å². The summed E-state index contributed by atoms with van der Waals surface area (Å²) in [7, 11) is -11.9. The molecule has 4 saturated carbocycles. The third-order valence-electron chi connectivity index (χ3n) is 11.5. The molecule has 0 aliphatic heterocycles. The molecular formula is C29H52O10S3. The molecule has 0 aromatic carbocycles. The van der Waals surface area contributed by atoms with Crippen LogP contribution in [0.5, 0.6) is 0 Å². The lowest BCUT2D eigenvalue weighted by Crippen LogP contribution is -2.53. The molecule has 0 amide bonds. The highest BCUT2D eigenvalue weighted by atomic mass is 32.2. The normalized spacial score (nSPS) is 39.6. The van der Waals surface area contributed by atoms with Crippen LogP contribution in [0.1, 0.15) is 111 Å². The van der Waals surface area contributed by atoms with Crippen molar-refractivity contribution in [2.75, 3.05) is 7.11 Å². The fourth-order valence-electron chi connectivity index (χ4n) is 8.68. The van der Waals surface area contributed by atoms with E-state index in [1.807, 2.05) is 0 Å². The topological polar surface area (TPSA) is 161 Å². The summed E-state index contributed by atoms with van der Waals surface area (Å²) in [5.41, 5.74) is 0.211. The van der Waals surface area contributed by atoms with Gasteiger partial charge in [-0.3, -0.25) is 9.11 Å². The Hall–Kier alpha value is -0.310. The van der Waals surface area contributed by atoms with Crippen molar-refractivity contribution in [2.45, 2.75) is 150 Å². The molecular weight excluding hydrogens is 605 g/mol. The van der Waals surface area contributed by atoms with Gasteiger partial charge in [0.05, 0.1) is 28.8 Å². The lowest BCUT2D eigenvalue weighted by Gasteiger charge is -2.47. The molecule has 0 bridgehead atoms. The molecule has 2 N–H and O–H groups in total. The molecule has 246 valence electrons. The number of ether oxygens (including phenoxy) is 2. The Kier molecular flexibility index (Phi) is 10.9. The van der Waals surface area contributed by atoms with Gasteiger partial charge in [0, 0.05) is 7.11 Å². The molecule has 6 atom stereocenters. The zero-order valence-corrected chi connectivity index (χ0v) is 28.0. The van der Waals surface area contributed by atoms with E-state index in [1.165, 1.54) is 12.8 Å². The monoisotopic (exact) mass is 656 g/mol. The van der Waals surface area contributed by atoms with E-state index in [2.05, 4.69) is 13.8 Å². The highest BCUT2D eigenvalue weighted by Crippen LogP contribution is 2.49. The summed E-state index contributed by atoms with van der Waals surface area (Å²) in [5.74, 6) is 1.14. The summed E-state index contributed by atoms with van der Waals surface area (Å²) in [6.45, 7) is 6.56. The Morgan fingerprint density at radius 1 is 0.571 bits per heavy atom. The average Bonchev–Trinajstić information content (AvgIpc) is 2.92. The Labute approximate surface area is 253 Å². The lowest BCUT2D eigenvalue weighted by atomic mass is 9.60. The Morgan fingerprint density at radius 3 is 1.48 bits per heavy atom. The van der Waals surface area contributed by atoms with E-state index in [0.29, 0.717) is 30.8 Å². The van der Waals surface area contributed by atoms with E-state index in [0.717, 1.165) is 38.5 Å². The van der Waals surface area contributed by atoms with Gasteiger partial charge < -0.3 is 9.47 Å². The van der Waals surface area contributed by atoms with Gasteiger partial charge >= 0.3 is 0 Å². The second kappa shape index (κ2) is 13.2. The molecule has 0 radical (unpaired) electrons. The van der Waals surface area contributed by atoms with Crippen molar-refractivity contribution in [1.29, 1.82) is 0 Å². The number of sulfone groups is 1. The molecule has 4 aliphatic carbocycles. The van der Waals surface area contributed by atoms with E-state index in [9.17, 15) is 34.4 Å². The van der Waals surface area contributed by atoms with Gasteiger partial charge in [-0.05, 0) is 113 Å². The first-order chi connectivity index (χ1) is 19.4. The molecule has 42 heavy (non-hydrogen) atoms. The van der Waals surface area contributed by atoms with Crippen LogP contribution in [-0.2, 0) is 39.5 Å². The molecule has 0 aromatic rings. The number of methoxy groups -OCH3 is 1. The van der Waals surface area contributed by atoms with Crippen LogP contribution in [0, 0.1) is 23.2 Å². The quantitative estimate of drug-likeness (QED) is 0.329. The van der Waals surface area contributed by atoms with Gasteiger partial charge in [0.25, 0.3) is 20.2 Å². The minimum atomic E-state index is -4.76. The van der Waals surface area contributed by atoms with Crippen molar-refractivity contribution >= 4 is 30.1 Å². The van der Waals surface area contributed by atoms with Gasteiger partial charge in [0.2, 0.25) is 0 Å². The van der Waals surface area contributed by atoms with E-state index in [-0.39, 0.29) is 43.1 Å². The Balaban J connectivity index is 1.38. The van der Waals surface area contributed by atoms with Crippen LogP contribution in [0.2, 0.25) is 0 Å². The second-order valence-corrected chi connectivity index (χ2v) is 19.9. The summed E-state index contributed by atoms with van der Waals surface area (Å²) < 4.78 is 109. The summed E-state index contributed by atoms with van der Waals surface area (Å²) in [6, 6.07) is 0. The van der Waals surface area contributed by atoms with Crippen molar-refractivity contribution in [3.05, 3.63) is 0 Å². The van der Waals surface area contributed by atoms with Crippen LogP contribution in [0.3, 0.4) is 0 Å². The number of hydrogen-bond donors (Lipinski definition) is 2. The van der Waals surface area contributed by atoms with Gasteiger partial charge in [0.1, 0.15) is 10.5 Å². The molecule has 0 aromatic heterocycles. The van der Waals surface area contributed by atoms with E-state index in [4.69, 9.17) is 9.47 Å². The lowest BCUT2D eigenvalue weighted by molar-refractivity contribution is -0.0667. The minimum absolute atomic E-state index is 0.00831. The van der Waals surface area contributed by atoms with E-state index < -0.39 is 57.2 Å². The van der Waals surface area contributed by atoms with Crippen LogP contribution >= 0.6 is 0 Å². The molecule has 0 saturated heterocycles. The predicted molar refractivity (Wildman–Crippen MR) is 161 cm³/mol. The van der Waals surface area contributed by atoms with Gasteiger partial charge in [-0.15, -0.1) is 0 Å². The smallest absolute Gasteiger partial charge is 0.269 e. The summed E-state index contributed by atoms with van der Waals surface area (Å²) in [5, 5.41) is -5.95. The zero-order chi connectivity index (χ0) is 31.1. The third kappa shape index (κ3) is 7.73. The average molecular weight is 657 g/mol. The third-order valence-corrected chi connectivity index (χ3v) is 17.2. The fourth-order valence-corrected chi connectivity index (χ4v) is 15.0. The van der Waals surface area contributed by atoms with Crippen molar-refractivity contribution in [1.82, 2.24) is 0 Å². The molecule has 4 aliphatic rings. The number of hydrogen-bond acceptors (Lipinski definition) is 8. The first-order valence-corrected chi connectivity index (χ1v) is 20.4. The van der Waals surface area contributed by atoms with Gasteiger partial charge in [-0.1, -0.05) is 20.8 Å². The minimum Gasteiger partial charge on any atom is -0.381 e. The first kappa shape index (κ1) is 34.6. The zero-order valence-electron chi connectivity index (χ0n) is 25.6. The standard InChI is InChI=1S/C29H52O10S3/c1-19-5-15-25(27(17-19)41(32,33)34)40(30,31)26-16-14-24(18-28(26)42(35,36)37)39-23-12-8-21(9-13-23)29(2,3)20-6-10-22(38-4)11-7-20/h19-28H,5-18H2,1-4H3,(H,32,33,34)(H,35,36,37). The second-order valence-electron chi connectivity index (χ2n) is 14.3. The van der Waals surface area contributed by atoms with Crippen LogP contribution in [0.25, 0.3) is 0 Å². The first-order valence-electron chi connectivity index (χ1n) is 15.8. The fraction of sp³-hybridized carbons (Fsp3) is 1.00. The summed E-state index contributed by atoms with van der Waals surface area (Å²) >= 11 is 0. The van der Waals surface area contributed by atoms with Crippen LogP contribution < -0.4 is 0 Å². The largest absolute Gasteiger partial charge is 0.381 e. The Morgan fingerprint density at radius 2 is 1.00 bits per heavy atom. The van der Waals surface area contributed by atoms with Crippen molar-refractivity contribution in [3.63, 3.8) is 0 Å². The molecule has 4 rings (SSSR count). The van der Waals surface area contributed by atoms with Gasteiger partial charge in [0.15, 0.2) is 9.84 Å². The molecule has 0 heterocycles. The van der Waals surface area contributed by atoms with Gasteiger partial charge in [-0.2, -0.15) is 16.8 Å². The maximum atomic E-state index is 13.8. The highest BCUT2D eigenvalue weighted by Gasteiger charge is 2.53. The maximum Gasteiger partial charge on any atom is 0.269 e. The Bertz CT molecular complexity index is 1230. The molecule has 0 spiro atoms. The molecule has 4 fully saturated rings. The van der Waals surface area contributed by atoms with Crippen molar-refractivity contribution in [2.24, 2.45) is 23.2 Å². The van der Waals surface area contributed by atoms with Gasteiger partial charge in [-0.25, -0.2) is 8.42 Å². The number of rotatable bonds is 9. The van der Waals surface area contributed by atoms with Crippen molar-refractivity contribution < 1.29 is 43.8 Å². The molecule has 10 nitrogen and oxygen atoms in total. The summed E-state index contributed by atoms with van der Waals surface area (Å²) in [4.78, 5) is 0. The van der Waals surface area contributed by atoms with E-state index >= 15 is 0 Å². The maximum absolute atomic E-state index is 13.8. The molecule has 13 heteroatoms. The molecule has 6 unspecified atom stereocenters. The highest BCUT2D eigenvalue weighted by molar-refractivity contribution is 7.96.